The van der Waals surface area contributed by atoms with Gasteiger partial charge >= 0.3 is 0 Å². The van der Waals surface area contributed by atoms with Gasteiger partial charge in [-0.1, -0.05) is 31.2 Å². The van der Waals surface area contributed by atoms with Crippen LogP contribution in [0.3, 0.4) is 0 Å². The molecule has 0 saturated heterocycles. The fourth-order valence-corrected chi connectivity index (χ4v) is 3.51. The van der Waals surface area contributed by atoms with Crippen LogP contribution in [0.2, 0.25) is 0 Å². The summed E-state index contributed by atoms with van der Waals surface area (Å²) in [7, 11) is 3.59. The molecule has 2 heterocycles. The average molecular weight is 417 g/mol. The summed E-state index contributed by atoms with van der Waals surface area (Å²) in [5, 5.41) is 8.66. The maximum Gasteiger partial charge on any atom is 0.156 e. The fourth-order valence-electron chi connectivity index (χ4n) is 3.51. The molecule has 0 aliphatic heterocycles. The molecule has 0 saturated carbocycles. The zero-order chi connectivity index (χ0) is 22.0. The summed E-state index contributed by atoms with van der Waals surface area (Å²) >= 11 is 0. The smallest absolute Gasteiger partial charge is 0.156 e. The highest BCUT2D eigenvalue weighted by atomic mass is 19.1. The Hall–Kier alpha value is -3.74. The number of hydrogen-bond acceptors (Lipinski definition) is 4. The van der Waals surface area contributed by atoms with Crippen molar-refractivity contribution in [1.82, 2.24) is 24.3 Å². The SMILES string of the molecule is COc1cc(/C=C/c2nnc([C@@H](C)c3ccc(F)cc3)n2C)ccc1-n1cnc(C)c1. The summed E-state index contributed by atoms with van der Waals surface area (Å²) in [6, 6.07) is 12.5. The second-order valence-electron chi connectivity index (χ2n) is 7.44. The molecule has 0 fully saturated rings. The topological polar surface area (TPSA) is 57.8 Å². The fraction of sp³-hybridized carbons (Fsp3) is 0.208. The molecule has 7 heteroatoms. The van der Waals surface area contributed by atoms with Crippen LogP contribution in [-0.2, 0) is 7.05 Å². The van der Waals surface area contributed by atoms with Crippen molar-refractivity contribution >= 4 is 12.2 Å². The number of methoxy groups -OCH3 is 1. The Kier molecular flexibility index (Phi) is 5.66. The van der Waals surface area contributed by atoms with E-state index in [0.29, 0.717) is 0 Å². The van der Waals surface area contributed by atoms with Crippen molar-refractivity contribution in [2.75, 3.05) is 7.11 Å². The van der Waals surface area contributed by atoms with Crippen LogP contribution in [0.15, 0.2) is 55.0 Å². The lowest BCUT2D eigenvalue weighted by Gasteiger charge is -2.11. The molecule has 0 bridgehead atoms. The van der Waals surface area contributed by atoms with Gasteiger partial charge < -0.3 is 13.9 Å². The molecule has 158 valence electrons. The molecule has 0 amide bonds. The minimum Gasteiger partial charge on any atom is -0.495 e. The van der Waals surface area contributed by atoms with Gasteiger partial charge in [0.2, 0.25) is 0 Å². The van der Waals surface area contributed by atoms with E-state index in [1.54, 1.807) is 25.6 Å². The first-order chi connectivity index (χ1) is 15.0. The average Bonchev–Trinajstić information content (AvgIpc) is 3.37. The molecule has 0 aliphatic carbocycles. The van der Waals surface area contributed by atoms with E-state index in [-0.39, 0.29) is 11.7 Å². The van der Waals surface area contributed by atoms with Crippen molar-refractivity contribution in [1.29, 1.82) is 0 Å². The van der Waals surface area contributed by atoms with E-state index in [9.17, 15) is 4.39 Å². The first kappa shape index (κ1) is 20.5. The van der Waals surface area contributed by atoms with Crippen LogP contribution in [0, 0.1) is 12.7 Å². The van der Waals surface area contributed by atoms with Gasteiger partial charge in [-0.2, -0.15) is 0 Å². The number of halogens is 1. The van der Waals surface area contributed by atoms with Gasteiger partial charge in [0.15, 0.2) is 5.82 Å². The van der Waals surface area contributed by atoms with Gasteiger partial charge in [0.1, 0.15) is 17.4 Å². The monoisotopic (exact) mass is 417 g/mol. The van der Waals surface area contributed by atoms with E-state index < -0.39 is 0 Å². The van der Waals surface area contributed by atoms with Crippen molar-refractivity contribution in [2.24, 2.45) is 7.05 Å². The lowest BCUT2D eigenvalue weighted by molar-refractivity contribution is 0.413. The number of benzene rings is 2. The third kappa shape index (κ3) is 4.26. The maximum atomic E-state index is 13.2. The molecule has 4 aromatic rings. The molecular formula is C24H24FN5O. The Balaban J connectivity index is 1.57. The van der Waals surface area contributed by atoms with Gasteiger partial charge in [-0.25, -0.2) is 9.37 Å². The molecule has 0 spiro atoms. The van der Waals surface area contributed by atoms with Gasteiger partial charge in [0.25, 0.3) is 0 Å². The molecule has 0 unspecified atom stereocenters. The number of rotatable bonds is 6. The molecule has 0 aliphatic rings. The highest BCUT2D eigenvalue weighted by molar-refractivity contribution is 5.69. The minimum atomic E-state index is -0.248. The largest absolute Gasteiger partial charge is 0.495 e. The van der Waals surface area contributed by atoms with Crippen molar-refractivity contribution in [3.63, 3.8) is 0 Å². The number of aryl methyl sites for hydroxylation is 1. The summed E-state index contributed by atoms with van der Waals surface area (Å²) < 4.78 is 22.7. The second-order valence-corrected chi connectivity index (χ2v) is 7.44. The summed E-state index contributed by atoms with van der Waals surface area (Å²) in [6.45, 7) is 3.98. The number of aromatic nitrogens is 5. The van der Waals surface area contributed by atoms with Crippen molar-refractivity contribution in [2.45, 2.75) is 19.8 Å². The van der Waals surface area contributed by atoms with Gasteiger partial charge in [0, 0.05) is 19.2 Å². The van der Waals surface area contributed by atoms with E-state index in [2.05, 4.69) is 15.2 Å². The molecule has 1 atom stereocenters. The number of ether oxygens (including phenoxy) is 1. The van der Waals surface area contributed by atoms with E-state index >= 15 is 0 Å². The summed E-state index contributed by atoms with van der Waals surface area (Å²) in [5.41, 5.74) is 3.84. The summed E-state index contributed by atoms with van der Waals surface area (Å²) in [5.74, 6) is 2.05. The van der Waals surface area contributed by atoms with Crippen LogP contribution < -0.4 is 4.74 Å². The van der Waals surface area contributed by atoms with E-state index in [1.807, 2.05) is 66.6 Å². The lowest BCUT2D eigenvalue weighted by Crippen LogP contribution is -2.05. The maximum absolute atomic E-state index is 13.2. The zero-order valence-electron chi connectivity index (χ0n) is 18.0. The highest BCUT2D eigenvalue weighted by Gasteiger charge is 2.16. The predicted molar refractivity (Wildman–Crippen MR) is 119 cm³/mol. The van der Waals surface area contributed by atoms with Gasteiger partial charge in [-0.05, 0) is 48.4 Å². The van der Waals surface area contributed by atoms with Crippen LogP contribution in [0.25, 0.3) is 17.8 Å². The van der Waals surface area contributed by atoms with Crippen LogP contribution in [0.4, 0.5) is 4.39 Å². The lowest BCUT2D eigenvalue weighted by atomic mass is 10.0. The summed E-state index contributed by atoms with van der Waals surface area (Å²) in [6.07, 6.45) is 7.62. The van der Waals surface area contributed by atoms with Gasteiger partial charge in [-0.15, -0.1) is 10.2 Å². The van der Waals surface area contributed by atoms with E-state index in [0.717, 1.165) is 39.9 Å². The normalized spacial score (nSPS) is 12.4. The number of imidazole rings is 1. The van der Waals surface area contributed by atoms with Gasteiger partial charge in [0.05, 0.1) is 24.8 Å². The van der Waals surface area contributed by atoms with Crippen LogP contribution in [0.5, 0.6) is 5.75 Å². The number of nitrogens with zero attached hydrogens (tertiary/aromatic N) is 5. The molecule has 0 N–H and O–H groups in total. The minimum absolute atomic E-state index is 0.00161. The van der Waals surface area contributed by atoms with Crippen molar-refractivity contribution in [3.05, 3.63) is 89.3 Å². The third-order valence-electron chi connectivity index (χ3n) is 5.32. The molecule has 0 radical (unpaired) electrons. The number of hydrogen-bond donors (Lipinski definition) is 0. The predicted octanol–water partition coefficient (Wildman–Crippen LogP) is 4.78. The van der Waals surface area contributed by atoms with Crippen molar-refractivity contribution in [3.8, 4) is 11.4 Å². The Labute approximate surface area is 180 Å². The Morgan fingerprint density at radius 2 is 1.84 bits per heavy atom. The van der Waals surface area contributed by atoms with Crippen LogP contribution in [0.1, 0.15) is 41.3 Å². The molecule has 31 heavy (non-hydrogen) atoms. The molecule has 6 nitrogen and oxygen atoms in total. The third-order valence-corrected chi connectivity index (χ3v) is 5.32. The van der Waals surface area contributed by atoms with Gasteiger partial charge in [-0.3, -0.25) is 0 Å². The molecular weight excluding hydrogens is 393 g/mol. The standard InChI is InChI=1S/C24H24FN5O/c1-16-14-30(15-26-16)21-11-5-18(13-22(21)31-4)6-12-23-27-28-24(29(23)3)17(2)19-7-9-20(25)10-8-19/h5-15,17H,1-4H3/b12-6+/t17-/m0/s1. The first-order valence-corrected chi connectivity index (χ1v) is 9.98. The van der Waals surface area contributed by atoms with E-state index in [4.69, 9.17) is 4.74 Å². The van der Waals surface area contributed by atoms with Crippen molar-refractivity contribution < 1.29 is 9.13 Å². The quantitative estimate of drug-likeness (QED) is 0.453. The summed E-state index contributed by atoms with van der Waals surface area (Å²) in [4.78, 5) is 4.28. The Bertz CT molecular complexity index is 1220. The molecule has 4 rings (SSSR count). The highest BCUT2D eigenvalue weighted by Crippen LogP contribution is 2.26. The Morgan fingerprint density at radius 1 is 1.06 bits per heavy atom. The zero-order valence-corrected chi connectivity index (χ0v) is 18.0. The van der Waals surface area contributed by atoms with Crippen LogP contribution in [-0.4, -0.2) is 31.4 Å². The van der Waals surface area contributed by atoms with Crippen LogP contribution >= 0.6 is 0 Å². The molecule has 2 aromatic heterocycles. The first-order valence-electron chi connectivity index (χ1n) is 9.98. The second kappa shape index (κ2) is 8.55. The van der Waals surface area contributed by atoms with E-state index in [1.165, 1.54) is 12.1 Å². The Morgan fingerprint density at radius 3 is 2.52 bits per heavy atom. The molecule has 2 aromatic carbocycles.